The van der Waals surface area contributed by atoms with Crippen molar-refractivity contribution in [3.8, 4) is 16.6 Å². The summed E-state index contributed by atoms with van der Waals surface area (Å²) in [7, 11) is 3.02. The molecule has 0 radical (unpaired) electrons. The molecule has 100 valence electrons. The maximum absolute atomic E-state index is 11.1. The minimum Gasteiger partial charge on any atom is -0.481 e. The number of nitrogens with zero attached hydrogens (tertiary/aromatic N) is 2. The first-order valence-electron chi connectivity index (χ1n) is 5.39. The second-order valence-corrected chi connectivity index (χ2v) is 4.60. The molecule has 0 aliphatic rings. The largest absolute Gasteiger partial charge is 0.481 e. The van der Waals surface area contributed by atoms with Crippen LogP contribution in [0.4, 0.5) is 0 Å². The first-order chi connectivity index (χ1) is 9.15. The second-order valence-electron chi connectivity index (χ2n) is 3.60. The van der Waals surface area contributed by atoms with Crippen molar-refractivity contribution in [1.82, 2.24) is 9.97 Å². The van der Waals surface area contributed by atoms with E-state index >= 15 is 0 Å². The van der Waals surface area contributed by atoms with Crippen molar-refractivity contribution >= 4 is 17.3 Å². The number of ether oxygens (including phenoxy) is 2. The summed E-state index contributed by atoms with van der Waals surface area (Å²) >= 11 is 1.07. The van der Waals surface area contributed by atoms with Gasteiger partial charge in [0.15, 0.2) is 0 Å². The minimum absolute atomic E-state index is 0.155. The molecule has 0 spiro atoms. The zero-order valence-corrected chi connectivity index (χ0v) is 11.2. The molecule has 1 N–H and O–H groups in total. The normalized spacial score (nSPS) is 10.4. The van der Waals surface area contributed by atoms with E-state index in [-0.39, 0.29) is 11.5 Å². The molecule has 0 bridgehead atoms. The summed E-state index contributed by atoms with van der Waals surface area (Å²) in [4.78, 5) is 19.8. The van der Waals surface area contributed by atoms with Gasteiger partial charge in [0.1, 0.15) is 15.6 Å². The lowest BCUT2D eigenvalue weighted by atomic mass is 10.3. The van der Waals surface area contributed by atoms with Crippen LogP contribution >= 0.6 is 11.3 Å². The zero-order valence-electron chi connectivity index (χ0n) is 10.4. The van der Waals surface area contributed by atoms with Crippen LogP contribution in [0.2, 0.25) is 0 Å². The van der Waals surface area contributed by atoms with Crippen LogP contribution in [0.3, 0.4) is 0 Å². The predicted octanol–water partition coefficient (Wildman–Crippen LogP) is 2.06. The molecule has 0 aliphatic carbocycles. The molecular weight excluding hydrogens is 268 g/mol. The monoisotopic (exact) mass is 280 g/mol. The molecule has 0 saturated carbocycles. The third-order valence-corrected chi connectivity index (χ3v) is 3.43. The smallest absolute Gasteiger partial charge is 0.347 e. The first-order valence-corrected chi connectivity index (χ1v) is 6.20. The number of pyridine rings is 1. The van der Waals surface area contributed by atoms with Crippen molar-refractivity contribution in [1.29, 1.82) is 0 Å². The molecule has 0 unspecified atom stereocenters. The number of thiazole rings is 1. The summed E-state index contributed by atoms with van der Waals surface area (Å²) in [5.74, 6) is -0.559. The zero-order chi connectivity index (χ0) is 13.8. The predicted molar refractivity (Wildman–Crippen MR) is 69.6 cm³/mol. The molecule has 0 atom stereocenters. The Morgan fingerprint density at radius 2 is 2.16 bits per heavy atom. The van der Waals surface area contributed by atoms with E-state index in [1.54, 1.807) is 18.2 Å². The number of carbonyl (C=O) groups is 1. The molecule has 0 aliphatic heterocycles. The van der Waals surface area contributed by atoms with Crippen molar-refractivity contribution in [3.63, 3.8) is 0 Å². The Labute approximate surface area is 113 Å². The van der Waals surface area contributed by atoms with Gasteiger partial charge in [-0.05, 0) is 6.07 Å². The summed E-state index contributed by atoms with van der Waals surface area (Å²) < 4.78 is 9.98. The lowest BCUT2D eigenvalue weighted by Gasteiger charge is -1.99. The highest BCUT2D eigenvalue weighted by Gasteiger charge is 2.18. The van der Waals surface area contributed by atoms with Gasteiger partial charge in [-0.2, -0.15) is 0 Å². The quantitative estimate of drug-likeness (QED) is 0.902. The number of carboxylic acid groups (broad SMARTS) is 1. The average molecular weight is 280 g/mol. The van der Waals surface area contributed by atoms with Crippen molar-refractivity contribution in [3.05, 3.63) is 28.8 Å². The number of rotatable bonds is 5. The fourth-order valence-corrected chi connectivity index (χ4v) is 2.39. The van der Waals surface area contributed by atoms with Crippen molar-refractivity contribution in [2.24, 2.45) is 0 Å². The van der Waals surface area contributed by atoms with Crippen molar-refractivity contribution in [2.75, 3.05) is 14.2 Å². The standard InChI is InChI=1S/C12H12N2O4S/c1-17-6-8-10(12(15)16)19-11(14-8)7-4-3-5-9(13-7)18-2/h3-5H,6H2,1-2H3,(H,15,16). The van der Waals surface area contributed by atoms with E-state index in [0.717, 1.165) is 11.3 Å². The van der Waals surface area contributed by atoms with E-state index in [2.05, 4.69) is 9.97 Å². The van der Waals surface area contributed by atoms with E-state index in [0.29, 0.717) is 22.3 Å². The van der Waals surface area contributed by atoms with Crippen LogP contribution in [0.5, 0.6) is 5.88 Å². The van der Waals surface area contributed by atoms with Gasteiger partial charge in [-0.15, -0.1) is 11.3 Å². The molecule has 0 saturated heterocycles. The van der Waals surface area contributed by atoms with Crippen LogP contribution in [0.1, 0.15) is 15.4 Å². The van der Waals surface area contributed by atoms with Crippen molar-refractivity contribution in [2.45, 2.75) is 6.61 Å². The Bertz CT molecular complexity index is 597. The van der Waals surface area contributed by atoms with E-state index in [1.165, 1.54) is 14.2 Å². The van der Waals surface area contributed by atoms with Crippen LogP contribution in [0, 0.1) is 0 Å². The molecule has 2 aromatic rings. The van der Waals surface area contributed by atoms with E-state index in [1.807, 2.05) is 0 Å². The molecule has 2 aromatic heterocycles. The summed E-state index contributed by atoms with van der Waals surface area (Å²) in [6, 6.07) is 5.24. The number of aromatic carboxylic acids is 1. The summed E-state index contributed by atoms with van der Waals surface area (Å²) in [5, 5.41) is 9.65. The van der Waals surface area contributed by atoms with Gasteiger partial charge in [-0.1, -0.05) is 6.07 Å². The Hall–Kier alpha value is -1.99. The van der Waals surface area contributed by atoms with Gasteiger partial charge in [0, 0.05) is 13.2 Å². The molecule has 19 heavy (non-hydrogen) atoms. The van der Waals surface area contributed by atoms with Crippen LogP contribution in [0.25, 0.3) is 10.7 Å². The molecule has 0 aromatic carbocycles. The molecule has 0 fully saturated rings. The molecule has 2 heterocycles. The van der Waals surface area contributed by atoms with E-state index < -0.39 is 5.97 Å². The highest BCUT2D eigenvalue weighted by Crippen LogP contribution is 2.28. The summed E-state index contributed by atoms with van der Waals surface area (Å²) in [5.41, 5.74) is 0.980. The molecular formula is C12H12N2O4S. The Kier molecular flexibility index (Phi) is 4.08. The highest BCUT2D eigenvalue weighted by molar-refractivity contribution is 7.17. The number of carboxylic acids is 1. The fourth-order valence-electron chi connectivity index (χ4n) is 1.51. The van der Waals surface area contributed by atoms with Gasteiger partial charge >= 0.3 is 5.97 Å². The molecule has 0 amide bonds. The molecule has 2 rings (SSSR count). The van der Waals surface area contributed by atoms with Crippen LogP contribution in [0.15, 0.2) is 18.2 Å². The molecule has 6 nitrogen and oxygen atoms in total. The number of methoxy groups -OCH3 is 2. The molecule has 7 heteroatoms. The second kappa shape index (κ2) is 5.77. The minimum atomic E-state index is -1.02. The summed E-state index contributed by atoms with van der Waals surface area (Å²) in [6.07, 6.45) is 0. The lowest BCUT2D eigenvalue weighted by molar-refractivity contribution is 0.0697. The Morgan fingerprint density at radius 3 is 2.79 bits per heavy atom. The van der Waals surface area contributed by atoms with Gasteiger partial charge in [0.05, 0.1) is 19.4 Å². The van der Waals surface area contributed by atoms with Gasteiger partial charge < -0.3 is 14.6 Å². The summed E-state index contributed by atoms with van der Waals surface area (Å²) in [6.45, 7) is 0.155. The van der Waals surface area contributed by atoms with E-state index in [4.69, 9.17) is 14.6 Å². The van der Waals surface area contributed by atoms with E-state index in [9.17, 15) is 4.79 Å². The van der Waals surface area contributed by atoms with Crippen LogP contribution in [-0.4, -0.2) is 35.3 Å². The van der Waals surface area contributed by atoms with Gasteiger partial charge in [-0.3, -0.25) is 0 Å². The lowest BCUT2D eigenvalue weighted by Crippen LogP contribution is -1.99. The Balaban J connectivity index is 2.44. The van der Waals surface area contributed by atoms with Gasteiger partial charge in [0.2, 0.25) is 5.88 Å². The fraction of sp³-hybridized carbons (Fsp3) is 0.250. The third-order valence-electron chi connectivity index (χ3n) is 2.32. The van der Waals surface area contributed by atoms with Gasteiger partial charge in [0.25, 0.3) is 0 Å². The van der Waals surface area contributed by atoms with Crippen molar-refractivity contribution < 1.29 is 19.4 Å². The number of hydrogen-bond acceptors (Lipinski definition) is 6. The van der Waals surface area contributed by atoms with Crippen LogP contribution < -0.4 is 4.74 Å². The number of aromatic nitrogens is 2. The average Bonchev–Trinajstić information content (AvgIpc) is 2.83. The highest BCUT2D eigenvalue weighted by atomic mass is 32.1. The topological polar surface area (TPSA) is 81.5 Å². The van der Waals surface area contributed by atoms with Crippen LogP contribution in [-0.2, 0) is 11.3 Å². The SMILES string of the molecule is COCc1nc(-c2cccc(OC)n2)sc1C(=O)O. The Morgan fingerprint density at radius 1 is 1.37 bits per heavy atom. The first kappa shape index (κ1) is 13.4. The number of hydrogen-bond donors (Lipinski definition) is 1. The third kappa shape index (κ3) is 2.88. The maximum atomic E-state index is 11.1. The van der Waals surface area contributed by atoms with Gasteiger partial charge in [-0.25, -0.2) is 14.8 Å². The maximum Gasteiger partial charge on any atom is 0.347 e.